The molecular weight excluding hydrogens is 328 g/mol. The number of phenolic OH excluding ortho intramolecular Hbond substituents is 1. The van der Waals surface area contributed by atoms with Gasteiger partial charge in [0.1, 0.15) is 12.1 Å². The summed E-state index contributed by atoms with van der Waals surface area (Å²) in [4.78, 5) is 15.4. The Labute approximate surface area is 149 Å². The zero-order chi connectivity index (χ0) is 18.1. The number of primary amides is 1. The van der Waals surface area contributed by atoms with Gasteiger partial charge in [0.2, 0.25) is 0 Å². The van der Waals surface area contributed by atoms with Gasteiger partial charge >= 0.3 is 6.03 Å². The van der Waals surface area contributed by atoms with Crippen LogP contribution in [-0.4, -0.2) is 20.7 Å². The number of aromatic hydroxyl groups is 1. The predicted molar refractivity (Wildman–Crippen MR) is 101 cm³/mol. The van der Waals surface area contributed by atoms with E-state index in [4.69, 9.17) is 5.73 Å². The number of aromatic nitrogens is 2. The number of hydrogen-bond acceptors (Lipinski definition) is 3. The number of nitrogens with one attached hydrogen (secondary N) is 1. The number of benzene rings is 3. The second kappa shape index (κ2) is 6.25. The van der Waals surface area contributed by atoms with Crippen molar-refractivity contribution in [1.82, 2.24) is 9.55 Å². The molecule has 0 saturated carbocycles. The fourth-order valence-electron chi connectivity index (χ4n) is 2.90. The van der Waals surface area contributed by atoms with E-state index in [1.54, 1.807) is 30.6 Å². The van der Waals surface area contributed by atoms with E-state index in [1.165, 1.54) is 0 Å². The van der Waals surface area contributed by atoms with Crippen LogP contribution in [0.15, 0.2) is 73.1 Å². The molecule has 0 aliphatic heterocycles. The van der Waals surface area contributed by atoms with Crippen molar-refractivity contribution in [3.63, 3.8) is 0 Å². The van der Waals surface area contributed by atoms with Gasteiger partial charge in [-0.3, -0.25) is 4.57 Å². The van der Waals surface area contributed by atoms with E-state index in [0.29, 0.717) is 5.69 Å². The maximum absolute atomic E-state index is 10.9. The van der Waals surface area contributed by atoms with Crippen molar-refractivity contribution < 1.29 is 9.90 Å². The number of urea groups is 1. The molecule has 0 saturated heterocycles. The normalized spacial score (nSPS) is 10.8. The van der Waals surface area contributed by atoms with Crippen molar-refractivity contribution in [3.8, 4) is 22.6 Å². The minimum atomic E-state index is -0.590. The van der Waals surface area contributed by atoms with Gasteiger partial charge in [-0.15, -0.1) is 0 Å². The number of fused-ring (bicyclic) bond motifs is 1. The summed E-state index contributed by atoms with van der Waals surface area (Å²) >= 11 is 0. The van der Waals surface area contributed by atoms with Gasteiger partial charge < -0.3 is 16.2 Å². The molecule has 0 fully saturated rings. The number of nitrogens with two attached hydrogens (primary N) is 1. The average molecular weight is 344 g/mol. The van der Waals surface area contributed by atoms with Gasteiger partial charge in [-0.25, -0.2) is 9.78 Å². The molecule has 0 aliphatic rings. The lowest BCUT2D eigenvalue weighted by Gasteiger charge is -2.07. The minimum Gasteiger partial charge on any atom is -0.508 e. The third-order valence-electron chi connectivity index (χ3n) is 4.16. The smallest absolute Gasteiger partial charge is 0.316 e. The van der Waals surface area contributed by atoms with Crippen LogP contribution < -0.4 is 11.1 Å². The topological polar surface area (TPSA) is 93.2 Å². The molecule has 2 amide bonds. The minimum absolute atomic E-state index is 0.244. The van der Waals surface area contributed by atoms with Gasteiger partial charge in [-0.1, -0.05) is 18.2 Å². The Kier molecular flexibility index (Phi) is 3.78. The Bertz CT molecular complexity index is 1080. The molecule has 6 heteroatoms. The number of carbonyl (C=O) groups excluding carboxylic acids is 1. The molecule has 0 spiro atoms. The molecule has 0 aliphatic carbocycles. The molecule has 4 aromatic rings. The van der Waals surface area contributed by atoms with E-state index in [2.05, 4.69) is 10.3 Å². The Hall–Kier alpha value is -3.80. The quantitative estimate of drug-likeness (QED) is 0.526. The van der Waals surface area contributed by atoms with Crippen molar-refractivity contribution in [2.24, 2.45) is 5.73 Å². The maximum atomic E-state index is 10.9. The number of anilines is 1. The summed E-state index contributed by atoms with van der Waals surface area (Å²) in [6.45, 7) is 0. The summed E-state index contributed by atoms with van der Waals surface area (Å²) in [5.41, 5.74) is 10.6. The van der Waals surface area contributed by atoms with E-state index in [9.17, 15) is 9.90 Å². The highest BCUT2D eigenvalue weighted by atomic mass is 16.3. The third kappa shape index (κ3) is 2.95. The molecule has 3 aromatic carbocycles. The summed E-state index contributed by atoms with van der Waals surface area (Å²) in [5, 5.41) is 12.0. The SMILES string of the molecule is NC(=O)Nc1ccc(-n2cnc3cc(-c4ccc(O)cc4)ccc32)cc1. The van der Waals surface area contributed by atoms with Crippen LogP contribution in [0.4, 0.5) is 10.5 Å². The molecule has 26 heavy (non-hydrogen) atoms. The van der Waals surface area contributed by atoms with Gasteiger partial charge in [-0.05, 0) is 59.7 Å². The van der Waals surface area contributed by atoms with Crippen LogP contribution in [-0.2, 0) is 0 Å². The molecule has 0 radical (unpaired) electrons. The molecule has 4 rings (SSSR count). The molecular formula is C20H16N4O2. The average Bonchev–Trinajstić information content (AvgIpc) is 3.06. The Morgan fingerprint density at radius 3 is 2.35 bits per heavy atom. The second-order valence-corrected chi connectivity index (χ2v) is 5.90. The lowest BCUT2D eigenvalue weighted by Crippen LogP contribution is -2.19. The van der Waals surface area contributed by atoms with E-state index < -0.39 is 6.03 Å². The fourth-order valence-corrected chi connectivity index (χ4v) is 2.90. The number of carbonyl (C=O) groups is 1. The van der Waals surface area contributed by atoms with Crippen LogP contribution in [0.2, 0.25) is 0 Å². The van der Waals surface area contributed by atoms with Crippen molar-refractivity contribution in [2.75, 3.05) is 5.32 Å². The third-order valence-corrected chi connectivity index (χ3v) is 4.16. The van der Waals surface area contributed by atoms with Gasteiger partial charge in [0.05, 0.1) is 11.0 Å². The number of rotatable bonds is 3. The Morgan fingerprint density at radius 1 is 0.962 bits per heavy atom. The summed E-state index contributed by atoms with van der Waals surface area (Å²) in [6.07, 6.45) is 1.77. The lowest BCUT2D eigenvalue weighted by atomic mass is 10.1. The first-order valence-electron chi connectivity index (χ1n) is 8.03. The standard InChI is InChI=1S/C20H16N4O2/c21-20(26)23-15-4-6-16(7-5-15)24-12-22-18-11-14(3-10-19(18)24)13-1-8-17(25)9-2-13/h1-12,25H,(H3,21,23,26). The molecule has 0 unspecified atom stereocenters. The summed E-state index contributed by atoms with van der Waals surface area (Å²) < 4.78 is 1.98. The van der Waals surface area contributed by atoms with E-state index in [-0.39, 0.29) is 5.75 Å². The number of imidazole rings is 1. The van der Waals surface area contributed by atoms with Crippen molar-refractivity contribution in [2.45, 2.75) is 0 Å². The fraction of sp³-hybridized carbons (Fsp3) is 0. The Morgan fingerprint density at radius 2 is 1.65 bits per heavy atom. The zero-order valence-corrected chi connectivity index (χ0v) is 13.8. The molecule has 6 nitrogen and oxygen atoms in total. The first-order chi connectivity index (χ1) is 12.6. The summed E-state index contributed by atoms with van der Waals surface area (Å²) in [6, 6.07) is 19.9. The maximum Gasteiger partial charge on any atom is 0.316 e. The zero-order valence-electron chi connectivity index (χ0n) is 13.8. The molecule has 1 heterocycles. The number of phenols is 1. The molecule has 1 aromatic heterocycles. The first-order valence-corrected chi connectivity index (χ1v) is 8.03. The highest BCUT2D eigenvalue weighted by molar-refractivity contribution is 5.88. The van der Waals surface area contributed by atoms with E-state index in [1.807, 2.05) is 47.0 Å². The summed E-state index contributed by atoms with van der Waals surface area (Å²) in [5.74, 6) is 0.244. The van der Waals surface area contributed by atoms with Crippen LogP contribution in [0.1, 0.15) is 0 Å². The highest BCUT2D eigenvalue weighted by Crippen LogP contribution is 2.27. The van der Waals surface area contributed by atoms with Crippen molar-refractivity contribution in [3.05, 3.63) is 73.1 Å². The number of nitrogens with zero attached hydrogens (tertiary/aromatic N) is 2. The van der Waals surface area contributed by atoms with Gasteiger partial charge in [0, 0.05) is 11.4 Å². The van der Waals surface area contributed by atoms with Crippen LogP contribution in [0.25, 0.3) is 27.8 Å². The van der Waals surface area contributed by atoms with Crippen LogP contribution in [0.5, 0.6) is 5.75 Å². The second-order valence-electron chi connectivity index (χ2n) is 5.90. The van der Waals surface area contributed by atoms with Gasteiger partial charge in [0.15, 0.2) is 0 Å². The largest absolute Gasteiger partial charge is 0.508 e. The van der Waals surface area contributed by atoms with Crippen LogP contribution >= 0.6 is 0 Å². The summed E-state index contributed by atoms with van der Waals surface area (Å²) in [7, 11) is 0. The van der Waals surface area contributed by atoms with Crippen LogP contribution in [0.3, 0.4) is 0 Å². The van der Waals surface area contributed by atoms with Crippen molar-refractivity contribution >= 4 is 22.8 Å². The predicted octanol–water partition coefficient (Wildman–Crippen LogP) is 3.89. The van der Waals surface area contributed by atoms with E-state index >= 15 is 0 Å². The Balaban J connectivity index is 1.69. The number of hydrogen-bond donors (Lipinski definition) is 3. The molecule has 0 bridgehead atoms. The van der Waals surface area contributed by atoms with Gasteiger partial charge in [0.25, 0.3) is 0 Å². The molecule has 4 N–H and O–H groups in total. The molecule has 0 atom stereocenters. The number of amides is 2. The molecule has 128 valence electrons. The first kappa shape index (κ1) is 15.7. The lowest BCUT2D eigenvalue weighted by molar-refractivity contribution is 0.259. The van der Waals surface area contributed by atoms with Crippen LogP contribution in [0, 0.1) is 0 Å². The van der Waals surface area contributed by atoms with Gasteiger partial charge in [-0.2, -0.15) is 0 Å². The monoisotopic (exact) mass is 344 g/mol. The highest BCUT2D eigenvalue weighted by Gasteiger charge is 2.07. The van der Waals surface area contributed by atoms with E-state index in [0.717, 1.165) is 27.8 Å². The van der Waals surface area contributed by atoms with Crippen molar-refractivity contribution in [1.29, 1.82) is 0 Å².